The van der Waals surface area contributed by atoms with Gasteiger partial charge >= 0.3 is 0 Å². The summed E-state index contributed by atoms with van der Waals surface area (Å²) >= 11 is 0. The second-order valence-corrected chi connectivity index (χ2v) is 8.91. The average molecular weight is 407 g/mol. The van der Waals surface area contributed by atoms with E-state index in [9.17, 15) is 4.79 Å². The molecule has 2 saturated heterocycles. The van der Waals surface area contributed by atoms with Gasteiger partial charge in [-0.05, 0) is 69.4 Å². The molecule has 1 N–H and O–H groups in total. The van der Waals surface area contributed by atoms with E-state index in [2.05, 4.69) is 51.3 Å². The van der Waals surface area contributed by atoms with Gasteiger partial charge in [0, 0.05) is 38.1 Å². The molecule has 1 aromatic carbocycles. The van der Waals surface area contributed by atoms with Crippen molar-refractivity contribution >= 4 is 5.91 Å². The maximum absolute atomic E-state index is 12.7. The first-order valence-electron chi connectivity index (χ1n) is 11.4. The molecule has 5 heteroatoms. The summed E-state index contributed by atoms with van der Waals surface area (Å²) in [7, 11) is 0. The van der Waals surface area contributed by atoms with Gasteiger partial charge in [-0.1, -0.05) is 35.9 Å². The maximum atomic E-state index is 12.7. The molecule has 0 unspecified atom stereocenters. The van der Waals surface area contributed by atoms with Crippen molar-refractivity contribution in [2.75, 3.05) is 26.2 Å². The lowest BCUT2D eigenvalue weighted by Gasteiger charge is -2.42. The minimum absolute atomic E-state index is 0.112. The summed E-state index contributed by atoms with van der Waals surface area (Å²) in [6, 6.07) is 13.4. The summed E-state index contributed by atoms with van der Waals surface area (Å²) in [5.41, 5.74) is 3.81. The minimum atomic E-state index is 0.112. The van der Waals surface area contributed by atoms with E-state index < -0.39 is 0 Å². The first-order chi connectivity index (χ1) is 14.7. The number of nitrogens with one attached hydrogen (secondary N) is 1. The van der Waals surface area contributed by atoms with E-state index in [4.69, 9.17) is 0 Å². The van der Waals surface area contributed by atoms with Gasteiger partial charge in [-0.3, -0.25) is 19.6 Å². The molecule has 2 aliphatic rings. The van der Waals surface area contributed by atoms with Crippen molar-refractivity contribution in [3.8, 4) is 0 Å². The van der Waals surface area contributed by atoms with Gasteiger partial charge in [-0.15, -0.1) is 0 Å². The third-order valence-corrected chi connectivity index (χ3v) is 6.58. The number of hydrogen-bond acceptors (Lipinski definition) is 4. The molecule has 30 heavy (non-hydrogen) atoms. The monoisotopic (exact) mass is 406 g/mol. The van der Waals surface area contributed by atoms with Crippen LogP contribution < -0.4 is 5.32 Å². The highest BCUT2D eigenvalue weighted by molar-refractivity contribution is 5.78. The van der Waals surface area contributed by atoms with Crippen molar-refractivity contribution in [1.29, 1.82) is 0 Å². The molecule has 1 atom stereocenters. The van der Waals surface area contributed by atoms with Gasteiger partial charge in [-0.2, -0.15) is 0 Å². The summed E-state index contributed by atoms with van der Waals surface area (Å²) in [5.74, 6) is 0.307. The molecule has 1 amide bonds. The molecule has 0 bridgehead atoms. The van der Waals surface area contributed by atoms with Crippen molar-refractivity contribution in [3.05, 3.63) is 65.5 Å². The fraction of sp³-hybridized carbons (Fsp3) is 0.520. The van der Waals surface area contributed by atoms with E-state index in [0.717, 1.165) is 51.1 Å². The Balaban J connectivity index is 1.23. The molecule has 0 aliphatic carbocycles. The number of likely N-dealkylation sites (tertiary alicyclic amines) is 2. The quantitative estimate of drug-likeness (QED) is 0.799. The van der Waals surface area contributed by atoms with Crippen molar-refractivity contribution in [1.82, 2.24) is 20.1 Å². The molecule has 2 aromatic rings. The number of amides is 1. The normalized spacial score (nSPS) is 21.4. The molecule has 2 fully saturated rings. The number of piperidine rings is 2. The van der Waals surface area contributed by atoms with Crippen molar-refractivity contribution in [2.24, 2.45) is 5.92 Å². The summed E-state index contributed by atoms with van der Waals surface area (Å²) in [6.45, 7) is 8.11. The van der Waals surface area contributed by atoms with Crippen LogP contribution in [0.25, 0.3) is 0 Å². The zero-order valence-electron chi connectivity index (χ0n) is 18.1. The standard InChI is InChI=1S/C25H34N4O/c1-20-5-2-6-21(15-20)18-28-13-9-24(10-14-28)29-12-4-8-23(19-29)25(30)27-17-22-7-3-11-26-16-22/h2-3,5-7,11,15-16,23-24H,4,8-10,12-14,17-19H2,1H3,(H,27,30)/t23-/m0/s1. The Morgan fingerprint density at radius 1 is 1.10 bits per heavy atom. The highest BCUT2D eigenvalue weighted by Gasteiger charge is 2.31. The zero-order chi connectivity index (χ0) is 20.8. The van der Waals surface area contributed by atoms with Crippen LogP contribution in [0.4, 0.5) is 0 Å². The van der Waals surface area contributed by atoms with Gasteiger partial charge in [0.25, 0.3) is 0 Å². The summed E-state index contributed by atoms with van der Waals surface area (Å²) < 4.78 is 0. The van der Waals surface area contributed by atoms with Crippen molar-refractivity contribution in [3.63, 3.8) is 0 Å². The number of aryl methyl sites for hydroxylation is 1. The van der Waals surface area contributed by atoms with E-state index in [-0.39, 0.29) is 11.8 Å². The van der Waals surface area contributed by atoms with Crippen LogP contribution >= 0.6 is 0 Å². The fourth-order valence-corrected chi connectivity index (χ4v) is 4.90. The van der Waals surface area contributed by atoms with Crippen LogP contribution in [0.1, 0.15) is 42.4 Å². The van der Waals surface area contributed by atoms with Crippen LogP contribution in [-0.2, 0) is 17.9 Å². The van der Waals surface area contributed by atoms with Gasteiger partial charge in [-0.25, -0.2) is 0 Å². The molecule has 0 radical (unpaired) electrons. The molecular formula is C25H34N4O. The lowest BCUT2D eigenvalue weighted by Crippen LogP contribution is -2.50. The summed E-state index contributed by atoms with van der Waals surface area (Å²) in [4.78, 5) is 22.0. The Bertz CT molecular complexity index is 817. The largest absolute Gasteiger partial charge is 0.352 e. The molecule has 1 aromatic heterocycles. The number of aromatic nitrogens is 1. The van der Waals surface area contributed by atoms with E-state index in [1.807, 2.05) is 18.3 Å². The smallest absolute Gasteiger partial charge is 0.224 e. The number of hydrogen-bond donors (Lipinski definition) is 1. The lowest BCUT2D eigenvalue weighted by atomic mass is 9.93. The highest BCUT2D eigenvalue weighted by atomic mass is 16.1. The topological polar surface area (TPSA) is 48.5 Å². The third-order valence-electron chi connectivity index (χ3n) is 6.58. The molecular weight excluding hydrogens is 372 g/mol. The van der Waals surface area contributed by atoms with Gasteiger partial charge in [0.05, 0.1) is 5.92 Å². The third kappa shape index (κ3) is 5.67. The second kappa shape index (κ2) is 10.2. The lowest BCUT2D eigenvalue weighted by molar-refractivity contribution is -0.127. The van der Waals surface area contributed by atoms with Gasteiger partial charge < -0.3 is 5.32 Å². The average Bonchev–Trinajstić information content (AvgIpc) is 2.79. The summed E-state index contributed by atoms with van der Waals surface area (Å²) in [5, 5.41) is 3.12. The number of carbonyl (C=O) groups excluding carboxylic acids is 1. The number of benzene rings is 1. The first kappa shape index (κ1) is 21.0. The van der Waals surface area contributed by atoms with Crippen molar-refractivity contribution in [2.45, 2.75) is 51.7 Å². The van der Waals surface area contributed by atoms with Crippen LogP contribution in [0.3, 0.4) is 0 Å². The molecule has 4 rings (SSSR count). The Morgan fingerprint density at radius 2 is 1.93 bits per heavy atom. The SMILES string of the molecule is Cc1cccc(CN2CCC(N3CCC[C@H](C(=O)NCc4cccnc4)C3)CC2)c1. The van der Waals surface area contributed by atoms with E-state index in [1.165, 1.54) is 24.0 Å². The number of rotatable bonds is 6. The Labute approximate surface area is 180 Å². The predicted octanol–water partition coefficient (Wildman–Crippen LogP) is 3.38. The Kier molecular flexibility index (Phi) is 7.13. The Hall–Kier alpha value is -2.24. The van der Waals surface area contributed by atoms with E-state index in [0.29, 0.717) is 12.6 Å². The second-order valence-electron chi connectivity index (χ2n) is 8.91. The number of carbonyl (C=O) groups is 1. The maximum Gasteiger partial charge on any atom is 0.224 e. The molecule has 2 aliphatic heterocycles. The van der Waals surface area contributed by atoms with Crippen LogP contribution in [0.15, 0.2) is 48.8 Å². The highest BCUT2D eigenvalue weighted by Crippen LogP contribution is 2.25. The van der Waals surface area contributed by atoms with E-state index in [1.54, 1.807) is 6.20 Å². The molecule has 5 nitrogen and oxygen atoms in total. The van der Waals surface area contributed by atoms with Gasteiger partial charge in [0.2, 0.25) is 5.91 Å². The first-order valence-corrected chi connectivity index (χ1v) is 11.4. The fourth-order valence-electron chi connectivity index (χ4n) is 4.90. The number of nitrogens with zero attached hydrogens (tertiary/aromatic N) is 3. The van der Waals surface area contributed by atoms with Crippen LogP contribution in [0, 0.1) is 12.8 Å². The van der Waals surface area contributed by atoms with Crippen LogP contribution in [0.2, 0.25) is 0 Å². The molecule has 160 valence electrons. The zero-order valence-corrected chi connectivity index (χ0v) is 18.1. The minimum Gasteiger partial charge on any atom is -0.352 e. The van der Waals surface area contributed by atoms with Crippen LogP contribution in [0.5, 0.6) is 0 Å². The summed E-state index contributed by atoms with van der Waals surface area (Å²) in [6.07, 6.45) is 8.11. The molecule has 0 saturated carbocycles. The van der Waals surface area contributed by atoms with E-state index >= 15 is 0 Å². The molecule has 0 spiro atoms. The Morgan fingerprint density at radius 3 is 2.70 bits per heavy atom. The predicted molar refractivity (Wildman–Crippen MR) is 120 cm³/mol. The van der Waals surface area contributed by atoms with Crippen molar-refractivity contribution < 1.29 is 4.79 Å². The molecule has 3 heterocycles. The number of pyridine rings is 1. The van der Waals surface area contributed by atoms with Gasteiger partial charge in [0.15, 0.2) is 0 Å². The van der Waals surface area contributed by atoms with Crippen LogP contribution in [-0.4, -0.2) is 52.9 Å². The van der Waals surface area contributed by atoms with Gasteiger partial charge in [0.1, 0.15) is 0 Å².